The van der Waals surface area contributed by atoms with Crippen LogP contribution in [0.25, 0.3) is 10.9 Å². The highest BCUT2D eigenvalue weighted by Crippen LogP contribution is 2.34. The highest BCUT2D eigenvalue weighted by molar-refractivity contribution is 6.32. The Morgan fingerprint density at radius 2 is 1.82 bits per heavy atom. The van der Waals surface area contributed by atoms with Crippen molar-refractivity contribution in [3.63, 3.8) is 0 Å². The summed E-state index contributed by atoms with van der Waals surface area (Å²) in [4.78, 5) is 30.7. The summed E-state index contributed by atoms with van der Waals surface area (Å²) >= 11 is 6.29. The predicted molar refractivity (Wildman–Crippen MR) is 99.5 cm³/mol. The Morgan fingerprint density at radius 3 is 2.54 bits per heavy atom. The first-order chi connectivity index (χ1) is 13.3. The van der Waals surface area contributed by atoms with Gasteiger partial charge in [0.1, 0.15) is 17.2 Å². The molecule has 1 N–H and O–H groups in total. The minimum absolute atomic E-state index is 0.177. The maximum Gasteiger partial charge on any atom is 0.325 e. The van der Waals surface area contributed by atoms with E-state index in [1.807, 2.05) is 6.07 Å². The van der Waals surface area contributed by atoms with Gasteiger partial charge in [0.25, 0.3) is 5.91 Å². The molecule has 0 aliphatic carbocycles. The Hall–Kier alpha value is -3.06. The Balaban J connectivity index is 1.77. The number of nitrogens with one attached hydrogen (secondary N) is 1. The fraction of sp³-hybridized carbons (Fsp3) is 0.150. The number of carbonyl (C=O) groups is 2. The quantitative estimate of drug-likeness (QED) is 0.671. The molecule has 3 amide bonds. The first kappa shape index (κ1) is 18.3. The second-order valence-corrected chi connectivity index (χ2v) is 7.05. The summed E-state index contributed by atoms with van der Waals surface area (Å²) in [5.41, 5.74) is -1.35. The van der Waals surface area contributed by atoms with Crippen LogP contribution < -0.4 is 5.32 Å². The zero-order valence-electron chi connectivity index (χ0n) is 14.7. The topological polar surface area (TPSA) is 62.3 Å². The molecule has 1 saturated heterocycles. The molecule has 3 aromatic rings. The molecule has 1 atom stereocenters. The molecule has 0 unspecified atom stereocenters. The molecule has 0 bridgehead atoms. The summed E-state index contributed by atoms with van der Waals surface area (Å²) in [5, 5.41) is 3.53. The predicted octanol–water partition coefficient (Wildman–Crippen LogP) is 4.13. The normalized spacial score (nSPS) is 19.4. The number of imide groups is 1. The number of aromatic nitrogens is 1. The molecule has 0 radical (unpaired) electrons. The van der Waals surface area contributed by atoms with E-state index in [4.69, 9.17) is 11.6 Å². The first-order valence-electron chi connectivity index (χ1n) is 8.43. The zero-order valence-corrected chi connectivity index (χ0v) is 15.4. The molecule has 8 heteroatoms. The highest BCUT2D eigenvalue weighted by Gasteiger charge is 2.51. The number of hydrogen-bond donors (Lipinski definition) is 1. The third kappa shape index (κ3) is 2.70. The molecule has 142 valence electrons. The summed E-state index contributed by atoms with van der Waals surface area (Å²) in [6.45, 7) is 1.10. The summed E-state index contributed by atoms with van der Waals surface area (Å²) in [6.07, 6.45) is 1.58. The van der Waals surface area contributed by atoms with Crippen molar-refractivity contribution in [3.05, 3.63) is 76.4 Å². The summed E-state index contributed by atoms with van der Waals surface area (Å²) < 4.78 is 28.6. The van der Waals surface area contributed by atoms with Crippen LogP contribution in [0.15, 0.2) is 48.7 Å². The molecule has 5 nitrogen and oxygen atoms in total. The summed E-state index contributed by atoms with van der Waals surface area (Å²) in [5.74, 6) is -2.60. The standard InChI is InChI=1S/C20H14ClF2N3O2/c1-20(16-14(22)5-2-6-15(16)23)18(27)26(19(28)25-20)10-12-13(21)8-7-11-4-3-9-24-17(11)12/h2-9H,10H2,1H3,(H,25,28)/t20-/m0/s1. The lowest BCUT2D eigenvalue weighted by molar-refractivity contribution is -0.131. The number of urea groups is 1. The van der Waals surface area contributed by atoms with Gasteiger partial charge in [0, 0.05) is 22.2 Å². The second-order valence-electron chi connectivity index (χ2n) is 6.64. The fourth-order valence-corrected chi connectivity index (χ4v) is 3.69. The maximum atomic E-state index is 14.3. The number of fused-ring (bicyclic) bond motifs is 1. The zero-order chi connectivity index (χ0) is 20.1. The van der Waals surface area contributed by atoms with Crippen molar-refractivity contribution in [1.29, 1.82) is 0 Å². The van der Waals surface area contributed by atoms with Gasteiger partial charge in [-0.05, 0) is 31.2 Å². The molecule has 1 aliphatic rings. The van der Waals surface area contributed by atoms with E-state index in [2.05, 4.69) is 10.3 Å². The Bertz CT molecular complexity index is 1120. The van der Waals surface area contributed by atoms with Gasteiger partial charge in [-0.1, -0.05) is 29.8 Å². The monoisotopic (exact) mass is 401 g/mol. The van der Waals surface area contributed by atoms with Gasteiger partial charge in [-0.2, -0.15) is 0 Å². The lowest BCUT2D eigenvalue weighted by Crippen LogP contribution is -2.42. The molecule has 2 heterocycles. The van der Waals surface area contributed by atoms with E-state index in [9.17, 15) is 18.4 Å². The lowest BCUT2D eigenvalue weighted by Gasteiger charge is -2.23. The molecule has 1 aromatic heterocycles. The number of carbonyl (C=O) groups excluding carboxylic acids is 2. The van der Waals surface area contributed by atoms with E-state index in [1.54, 1.807) is 24.4 Å². The van der Waals surface area contributed by atoms with Crippen molar-refractivity contribution >= 4 is 34.4 Å². The number of hydrogen-bond acceptors (Lipinski definition) is 3. The van der Waals surface area contributed by atoms with Crippen LogP contribution in [0.1, 0.15) is 18.1 Å². The molecule has 0 saturated carbocycles. The van der Waals surface area contributed by atoms with Crippen molar-refractivity contribution < 1.29 is 18.4 Å². The summed E-state index contributed by atoms with van der Waals surface area (Å²) in [7, 11) is 0. The number of nitrogens with zero attached hydrogens (tertiary/aromatic N) is 2. The summed E-state index contributed by atoms with van der Waals surface area (Å²) in [6, 6.07) is 9.51. The number of rotatable bonds is 3. The lowest BCUT2D eigenvalue weighted by atomic mass is 9.91. The van der Waals surface area contributed by atoms with E-state index in [0.717, 1.165) is 22.4 Å². The molecule has 2 aromatic carbocycles. The van der Waals surface area contributed by atoms with Gasteiger partial charge < -0.3 is 5.32 Å². The van der Waals surface area contributed by atoms with Crippen LogP contribution in [0.3, 0.4) is 0 Å². The molecule has 4 rings (SSSR count). The molecular formula is C20H14ClF2N3O2. The van der Waals surface area contributed by atoms with Crippen molar-refractivity contribution in [3.8, 4) is 0 Å². The van der Waals surface area contributed by atoms with Crippen molar-refractivity contribution in [1.82, 2.24) is 15.2 Å². The fourth-order valence-electron chi connectivity index (χ4n) is 3.48. The van der Waals surface area contributed by atoms with Gasteiger partial charge in [0.15, 0.2) is 0 Å². The van der Waals surface area contributed by atoms with Crippen molar-refractivity contribution in [2.45, 2.75) is 19.0 Å². The van der Waals surface area contributed by atoms with E-state index in [0.29, 0.717) is 16.1 Å². The van der Waals surface area contributed by atoms with Crippen molar-refractivity contribution in [2.24, 2.45) is 0 Å². The van der Waals surface area contributed by atoms with Gasteiger partial charge in [-0.3, -0.25) is 14.7 Å². The first-order valence-corrected chi connectivity index (χ1v) is 8.81. The molecule has 0 spiro atoms. The second kappa shape index (κ2) is 6.53. The molecular weight excluding hydrogens is 388 g/mol. The van der Waals surface area contributed by atoms with Gasteiger partial charge in [0.2, 0.25) is 0 Å². The van der Waals surface area contributed by atoms with Crippen LogP contribution in [0.2, 0.25) is 5.02 Å². The smallest absolute Gasteiger partial charge is 0.319 e. The van der Waals surface area contributed by atoms with E-state index in [-0.39, 0.29) is 6.54 Å². The maximum absolute atomic E-state index is 14.3. The van der Waals surface area contributed by atoms with Gasteiger partial charge in [0.05, 0.1) is 17.6 Å². The third-order valence-corrected chi connectivity index (χ3v) is 5.23. The number of halogens is 3. The van der Waals surface area contributed by atoms with Gasteiger partial charge >= 0.3 is 6.03 Å². The van der Waals surface area contributed by atoms with E-state index < -0.39 is 34.7 Å². The van der Waals surface area contributed by atoms with Crippen molar-refractivity contribution in [2.75, 3.05) is 0 Å². The van der Waals surface area contributed by atoms with Gasteiger partial charge in [-0.25, -0.2) is 13.6 Å². The Kier molecular flexibility index (Phi) is 4.27. The Labute approximate surface area is 163 Å². The van der Waals surface area contributed by atoms with Crippen LogP contribution in [0, 0.1) is 11.6 Å². The van der Waals surface area contributed by atoms with Gasteiger partial charge in [-0.15, -0.1) is 0 Å². The minimum atomic E-state index is -1.86. The van der Waals surface area contributed by atoms with Crippen LogP contribution in [0.5, 0.6) is 0 Å². The molecule has 1 fully saturated rings. The largest absolute Gasteiger partial charge is 0.325 e. The third-order valence-electron chi connectivity index (χ3n) is 4.88. The minimum Gasteiger partial charge on any atom is -0.319 e. The SMILES string of the molecule is C[C@@]1(c2c(F)cccc2F)NC(=O)N(Cc2c(Cl)ccc3cccnc23)C1=O. The Morgan fingerprint density at radius 1 is 1.11 bits per heavy atom. The van der Waals surface area contributed by atoms with E-state index >= 15 is 0 Å². The highest BCUT2D eigenvalue weighted by atomic mass is 35.5. The number of pyridine rings is 1. The van der Waals surface area contributed by atoms with Crippen LogP contribution in [0.4, 0.5) is 13.6 Å². The van der Waals surface area contributed by atoms with Crippen LogP contribution >= 0.6 is 11.6 Å². The molecule has 28 heavy (non-hydrogen) atoms. The van der Waals surface area contributed by atoms with Crippen LogP contribution in [-0.4, -0.2) is 21.8 Å². The average molecular weight is 402 g/mol. The molecule has 1 aliphatic heterocycles. The number of amides is 3. The van der Waals surface area contributed by atoms with E-state index in [1.165, 1.54) is 13.0 Å². The van der Waals surface area contributed by atoms with Crippen LogP contribution in [-0.2, 0) is 16.9 Å². The number of benzene rings is 2. The average Bonchev–Trinajstić information content (AvgIpc) is 2.87.